The molecule has 1 aliphatic heterocycles. The van der Waals surface area contributed by atoms with Crippen molar-refractivity contribution in [1.82, 2.24) is 4.90 Å². The van der Waals surface area contributed by atoms with Crippen LogP contribution in [0.5, 0.6) is 5.75 Å². The zero-order valence-corrected chi connectivity index (χ0v) is 15.9. The second kappa shape index (κ2) is 6.14. The van der Waals surface area contributed by atoms with Gasteiger partial charge in [-0.25, -0.2) is 0 Å². The van der Waals surface area contributed by atoms with Gasteiger partial charge in [-0.05, 0) is 72.9 Å². The van der Waals surface area contributed by atoms with Crippen molar-refractivity contribution in [1.29, 1.82) is 0 Å². The third-order valence-electron chi connectivity index (χ3n) is 7.10. The Bertz CT molecular complexity index is 755. The molecule has 0 N–H and O–H groups in total. The van der Waals surface area contributed by atoms with Crippen LogP contribution in [0.25, 0.3) is 0 Å². The standard InChI is InChI=1S/C22H27NOS/c1-24-17-8-7-16-13-21-19-6-2-3-9-22(19,20(16)14-17)10-11-23(21)15-18-5-4-12-25-18/h4-5,7-8,12,14,19,21H,2-3,6,9-11,13,15H2,1H3/t19-,21-,22-/m0/s1. The summed E-state index contributed by atoms with van der Waals surface area (Å²) >= 11 is 1.91. The minimum Gasteiger partial charge on any atom is -0.497 e. The number of likely N-dealkylation sites (tertiary alicyclic amines) is 1. The average Bonchev–Trinajstić information content (AvgIpc) is 3.17. The number of benzene rings is 1. The van der Waals surface area contributed by atoms with Crippen LogP contribution < -0.4 is 4.74 Å². The zero-order chi connectivity index (χ0) is 16.9. The maximum Gasteiger partial charge on any atom is 0.119 e. The summed E-state index contributed by atoms with van der Waals surface area (Å²) in [6.07, 6.45) is 8.13. The van der Waals surface area contributed by atoms with E-state index < -0.39 is 0 Å². The van der Waals surface area contributed by atoms with Crippen molar-refractivity contribution in [2.75, 3.05) is 13.7 Å². The fourth-order valence-corrected chi connectivity index (χ4v) is 6.72. The van der Waals surface area contributed by atoms with Crippen LogP contribution in [0.3, 0.4) is 0 Å². The molecule has 2 aliphatic carbocycles. The van der Waals surface area contributed by atoms with Crippen LogP contribution >= 0.6 is 11.3 Å². The minimum atomic E-state index is 0.414. The fraction of sp³-hybridized carbons (Fsp3) is 0.545. The molecule has 2 heterocycles. The summed E-state index contributed by atoms with van der Waals surface area (Å²) in [7, 11) is 1.80. The van der Waals surface area contributed by atoms with Gasteiger partial charge in [-0.3, -0.25) is 4.90 Å². The van der Waals surface area contributed by atoms with Crippen LogP contribution in [0, 0.1) is 5.92 Å². The number of hydrogen-bond acceptors (Lipinski definition) is 3. The van der Waals surface area contributed by atoms with Crippen LogP contribution in [-0.2, 0) is 18.4 Å². The van der Waals surface area contributed by atoms with Gasteiger partial charge in [0.1, 0.15) is 5.75 Å². The van der Waals surface area contributed by atoms with Crippen molar-refractivity contribution in [3.05, 3.63) is 51.7 Å². The highest BCUT2D eigenvalue weighted by atomic mass is 32.1. The van der Waals surface area contributed by atoms with Gasteiger partial charge in [0.15, 0.2) is 0 Å². The Morgan fingerprint density at radius 1 is 1.24 bits per heavy atom. The van der Waals surface area contributed by atoms with Crippen LogP contribution in [0.2, 0.25) is 0 Å². The van der Waals surface area contributed by atoms with E-state index >= 15 is 0 Å². The van der Waals surface area contributed by atoms with E-state index in [9.17, 15) is 0 Å². The molecule has 132 valence electrons. The zero-order valence-electron chi connectivity index (χ0n) is 15.0. The summed E-state index contributed by atoms with van der Waals surface area (Å²) in [6, 6.07) is 12.1. The third-order valence-corrected chi connectivity index (χ3v) is 7.96. The molecule has 1 saturated heterocycles. The van der Waals surface area contributed by atoms with Crippen LogP contribution in [0.1, 0.15) is 48.1 Å². The summed E-state index contributed by atoms with van der Waals surface area (Å²) in [5, 5.41) is 2.21. The number of methoxy groups -OCH3 is 1. The molecule has 0 spiro atoms. The second-order valence-electron chi connectivity index (χ2n) is 8.10. The third kappa shape index (κ3) is 2.47. The quantitative estimate of drug-likeness (QED) is 0.768. The van der Waals surface area contributed by atoms with E-state index in [1.54, 1.807) is 18.2 Å². The van der Waals surface area contributed by atoms with E-state index in [1.807, 2.05) is 11.3 Å². The van der Waals surface area contributed by atoms with Crippen molar-refractivity contribution in [3.63, 3.8) is 0 Å². The molecule has 1 aromatic heterocycles. The number of hydrogen-bond donors (Lipinski definition) is 0. The van der Waals surface area contributed by atoms with Gasteiger partial charge < -0.3 is 4.74 Å². The molecule has 2 fully saturated rings. The molecule has 0 amide bonds. The molecular formula is C22H27NOS. The van der Waals surface area contributed by atoms with Crippen LogP contribution in [0.4, 0.5) is 0 Å². The molecule has 5 rings (SSSR count). The predicted molar refractivity (Wildman–Crippen MR) is 103 cm³/mol. The number of ether oxygens (including phenoxy) is 1. The van der Waals surface area contributed by atoms with E-state index in [4.69, 9.17) is 4.74 Å². The van der Waals surface area contributed by atoms with Gasteiger partial charge in [0.05, 0.1) is 7.11 Å². The van der Waals surface area contributed by atoms with Gasteiger partial charge in [-0.2, -0.15) is 0 Å². The van der Waals surface area contributed by atoms with Crippen LogP contribution in [0.15, 0.2) is 35.7 Å². The summed E-state index contributed by atoms with van der Waals surface area (Å²) in [6.45, 7) is 2.39. The molecule has 2 nitrogen and oxygen atoms in total. The van der Waals surface area contributed by atoms with Crippen molar-refractivity contribution in [3.8, 4) is 5.75 Å². The lowest BCUT2D eigenvalue weighted by molar-refractivity contribution is -0.0152. The van der Waals surface area contributed by atoms with Gasteiger partial charge in [0, 0.05) is 22.9 Å². The van der Waals surface area contributed by atoms with Crippen molar-refractivity contribution in [2.24, 2.45) is 5.92 Å². The highest BCUT2D eigenvalue weighted by Crippen LogP contribution is 2.56. The predicted octanol–water partition coefficient (Wildman–Crippen LogP) is 5.02. The summed E-state index contributed by atoms with van der Waals surface area (Å²) in [5.74, 6) is 1.87. The van der Waals surface area contributed by atoms with Gasteiger partial charge in [0.2, 0.25) is 0 Å². The summed E-state index contributed by atoms with van der Waals surface area (Å²) < 4.78 is 5.58. The molecular weight excluding hydrogens is 326 g/mol. The molecule has 0 radical (unpaired) electrons. The monoisotopic (exact) mass is 353 g/mol. The van der Waals surface area contributed by atoms with Crippen molar-refractivity contribution >= 4 is 11.3 Å². The highest BCUT2D eigenvalue weighted by Gasteiger charge is 2.53. The van der Waals surface area contributed by atoms with Gasteiger partial charge in [-0.15, -0.1) is 11.3 Å². The normalized spacial score (nSPS) is 31.2. The number of thiophene rings is 1. The number of fused-ring (bicyclic) bond motifs is 1. The maximum atomic E-state index is 5.58. The molecule has 3 aliphatic rings. The first kappa shape index (κ1) is 15.9. The molecule has 1 saturated carbocycles. The van der Waals surface area contributed by atoms with Gasteiger partial charge in [-0.1, -0.05) is 25.0 Å². The molecule has 1 aromatic carbocycles. The lowest BCUT2D eigenvalue weighted by Gasteiger charge is -2.59. The number of piperidine rings is 1. The average molecular weight is 354 g/mol. The smallest absolute Gasteiger partial charge is 0.119 e. The molecule has 3 atom stereocenters. The Hall–Kier alpha value is -1.32. The fourth-order valence-electron chi connectivity index (χ4n) is 5.99. The first-order valence-corrected chi connectivity index (χ1v) is 10.6. The molecule has 0 unspecified atom stereocenters. The van der Waals surface area contributed by atoms with E-state index in [-0.39, 0.29) is 0 Å². The first-order chi connectivity index (χ1) is 12.3. The molecule has 25 heavy (non-hydrogen) atoms. The molecule has 3 heteroatoms. The Morgan fingerprint density at radius 2 is 2.20 bits per heavy atom. The Labute approximate surface area is 154 Å². The van der Waals surface area contributed by atoms with E-state index in [2.05, 4.69) is 40.6 Å². The SMILES string of the molecule is COc1ccc2c(c1)[C@]13CCCC[C@H]1[C@H](C2)N(Cc1cccs1)CC3. The lowest BCUT2D eigenvalue weighted by Crippen LogP contribution is -2.60. The largest absolute Gasteiger partial charge is 0.497 e. The first-order valence-electron chi connectivity index (χ1n) is 9.74. The number of nitrogens with zero attached hydrogens (tertiary/aromatic N) is 1. The second-order valence-corrected chi connectivity index (χ2v) is 9.14. The van der Waals surface area contributed by atoms with E-state index in [0.29, 0.717) is 5.41 Å². The van der Waals surface area contributed by atoms with E-state index in [0.717, 1.165) is 24.3 Å². The summed E-state index contributed by atoms with van der Waals surface area (Å²) in [5.41, 5.74) is 3.63. The maximum absolute atomic E-state index is 5.58. The number of rotatable bonds is 3. The van der Waals surface area contributed by atoms with Crippen molar-refractivity contribution < 1.29 is 4.74 Å². The van der Waals surface area contributed by atoms with Gasteiger partial charge >= 0.3 is 0 Å². The Kier molecular flexibility index (Phi) is 3.90. The lowest BCUT2D eigenvalue weighted by atomic mass is 9.52. The van der Waals surface area contributed by atoms with Crippen molar-refractivity contribution in [2.45, 2.75) is 56.5 Å². The molecule has 2 aromatic rings. The van der Waals surface area contributed by atoms with Crippen LogP contribution in [-0.4, -0.2) is 24.6 Å². The minimum absolute atomic E-state index is 0.414. The van der Waals surface area contributed by atoms with E-state index in [1.165, 1.54) is 49.9 Å². The topological polar surface area (TPSA) is 12.5 Å². The summed E-state index contributed by atoms with van der Waals surface area (Å²) in [4.78, 5) is 4.32. The highest BCUT2D eigenvalue weighted by molar-refractivity contribution is 7.09. The Morgan fingerprint density at radius 3 is 3.04 bits per heavy atom. The van der Waals surface area contributed by atoms with Gasteiger partial charge in [0.25, 0.3) is 0 Å². The Balaban J connectivity index is 1.55. The molecule has 2 bridgehead atoms.